The van der Waals surface area contributed by atoms with Crippen molar-refractivity contribution in [1.82, 2.24) is 9.55 Å². The minimum Gasteiger partial charge on any atom is -0.493 e. The number of nitrogens with zero attached hydrogens (tertiary/aromatic N) is 2. The van der Waals surface area contributed by atoms with Crippen LogP contribution in [0, 0.1) is 0 Å². The maximum atomic E-state index is 12.7. The van der Waals surface area contributed by atoms with E-state index < -0.39 is 12.5 Å². The summed E-state index contributed by atoms with van der Waals surface area (Å²) in [4.78, 5) is 16.3. The second kappa shape index (κ2) is 9.50. The Morgan fingerprint density at radius 2 is 2.10 bits per heavy atom. The van der Waals surface area contributed by atoms with Crippen LogP contribution in [0.3, 0.4) is 0 Å². The molecule has 1 amide bonds. The van der Waals surface area contributed by atoms with Crippen LogP contribution in [0.5, 0.6) is 11.5 Å². The lowest BCUT2D eigenvalue weighted by Gasteiger charge is -2.12. The van der Waals surface area contributed by atoms with Crippen molar-refractivity contribution in [1.29, 1.82) is 0 Å². The van der Waals surface area contributed by atoms with E-state index in [2.05, 4.69) is 15.0 Å². The number of halogens is 2. The van der Waals surface area contributed by atoms with Gasteiger partial charge >= 0.3 is 6.61 Å². The summed E-state index contributed by atoms with van der Waals surface area (Å²) in [6.45, 7) is -2.39. The fraction of sp³-hybridized carbons (Fsp3) is 0.143. The number of carbonyl (C=O) groups is 1. The molecule has 0 unspecified atom stereocenters. The molecule has 1 aromatic heterocycles. The second-order valence-corrected chi connectivity index (χ2v) is 6.02. The number of para-hydroxylation sites is 1. The third kappa shape index (κ3) is 5.65. The van der Waals surface area contributed by atoms with Crippen LogP contribution in [0.25, 0.3) is 6.08 Å². The van der Waals surface area contributed by atoms with E-state index in [0.29, 0.717) is 17.8 Å². The monoisotopic (exact) mass is 399 g/mol. The first kappa shape index (κ1) is 20.1. The molecule has 0 atom stereocenters. The molecule has 3 aromatic rings. The molecule has 3 rings (SSSR count). The first-order valence-electron chi connectivity index (χ1n) is 8.70. The number of ether oxygens (including phenoxy) is 2. The minimum atomic E-state index is -3.01. The quantitative estimate of drug-likeness (QED) is 0.577. The number of anilines is 1. The van der Waals surface area contributed by atoms with Crippen LogP contribution in [0.1, 0.15) is 11.1 Å². The largest absolute Gasteiger partial charge is 0.493 e. The molecule has 29 heavy (non-hydrogen) atoms. The van der Waals surface area contributed by atoms with Gasteiger partial charge in [0.1, 0.15) is 0 Å². The Balaban J connectivity index is 1.70. The van der Waals surface area contributed by atoms with E-state index in [1.54, 1.807) is 30.7 Å². The Kier molecular flexibility index (Phi) is 6.57. The predicted molar refractivity (Wildman–Crippen MR) is 105 cm³/mol. The summed E-state index contributed by atoms with van der Waals surface area (Å²) in [7, 11) is 1.35. The number of aromatic nitrogens is 2. The number of alkyl halides is 2. The summed E-state index contributed by atoms with van der Waals surface area (Å²) in [5, 5.41) is 2.75. The van der Waals surface area contributed by atoms with Crippen LogP contribution in [0.2, 0.25) is 0 Å². The minimum absolute atomic E-state index is 0.128. The number of methoxy groups -OCH3 is 1. The summed E-state index contributed by atoms with van der Waals surface area (Å²) >= 11 is 0. The molecule has 0 aliphatic carbocycles. The van der Waals surface area contributed by atoms with Crippen molar-refractivity contribution in [2.24, 2.45) is 0 Å². The van der Waals surface area contributed by atoms with Crippen LogP contribution >= 0.6 is 0 Å². The summed E-state index contributed by atoms with van der Waals surface area (Å²) in [5.74, 6) is -0.382. The van der Waals surface area contributed by atoms with Crippen LogP contribution in [-0.4, -0.2) is 29.2 Å². The molecule has 1 heterocycles. The van der Waals surface area contributed by atoms with Crippen molar-refractivity contribution >= 4 is 17.7 Å². The van der Waals surface area contributed by atoms with Crippen LogP contribution in [-0.2, 0) is 11.3 Å². The maximum absolute atomic E-state index is 12.7. The highest BCUT2D eigenvalue weighted by Crippen LogP contribution is 2.33. The first-order valence-corrected chi connectivity index (χ1v) is 8.70. The molecular weight excluding hydrogens is 380 g/mol. The van der Waals surface area contributed by atoms with Gasteiger partial charge in [0, 0.05) is 36.3 Å². The Morgan fingerprint density at radius 3 is 2.83 bits per heavy atom. The molecule has 0 aliphatic heterocycles. The number of benzene rings is 2. The van der Waals surface area contributed by atoms with Crippen molar-refractivity contribution in [3.63, 3.8) is 0 Å². The third-order valence-electron chi connectivity index (χ3n) is 3.97. The van der Waals surface area contributed by atoms with Crippen molar-refractivity contribution in [2.75, 3.05) is 12.4 Å². The lowest BCUT2D eigenvalue weighted by molar-refractivity contribution is -0.111. The molecular formula is C21H19F2N3O3. The van der Waals surface area contributed by atoms with E-state index in [0.717, 1.165) is 5.56 Å². The zero-order valence-corrected chi connectivity index (χ0v) is 15.6. The van der Waals surface area contributed by atoms with Gasteiger partial charge < -0.3 is 19.4 Å². The van der Waals surface area contributed by atoms with E-state index in [9.17, 15) is 13.6 Å². The number of nitrogens with one attached hydrogen (secondary N) is 1. The van der Waals surface area contributed by atoms with Gasteiger partial charge in [-0.2, -0.15) is 8.78 Å². The normalized spacial score (nSPS) is 11.0. The van der Waals surface area contributed by atoms with Gasteiger partial charge in [0.25, 0.3) is 0 Å². The number of imidazole rings is 1. The Morgan fingerprint density at radius 1 is 1.28 bits per heavy atom. The summed E-state index contributed by atoms with van der Waals surface area (Å²) < 4.78 is 36.9. The predicted octanol–water partition coefficient (Wildman–Crippen LogP) is 4.19. The van der Waals surface area contributed by atoms with Gasteiger partial charge in [0.05, 0.1) is 13.4 Å². The van der Waals surface area contributed by atoms with E-state index in [1.807, 2.05) is 29.0 Å². The molecule has 1 N–H and O–H groups in total. The lowest BCUT2D eigenvalue weighted by Crippen LogP contribution is -2.09. The van der Waals surface area contributed by atoms with E-state index in [1.165, 1.54) is 25.3 Å². The molecule has 150 valence electrons. The number of hydrogen-bond acceptors (Lipinski definition) is 4. The van der Waals surface area contributed by atoms with Gasteiger partial charge in [0.2, 0.25) is 5.91 Å². The van der Waals surface area contributed by atoms with Gasteiger partial charge in [-0.1, -0.05) is 24.3 Å². The number of rotatable bonds is 8. The highest BCUT2D eigenvalue weighted by molar-refractivity contribution is 6.02. The average Bonchev–Trinajstić information content (AvgIpc) is 3.20. The lowest BCUT2D eigenvalue weighted by atomic mass is 10.1. The van der Waals surface area contributed by atoms with Crippen LogP contribution in [0.15, 0.2) is 67.3 Å². The van der Waals surface area contributed by atoms with Gasteiger partial charge in [0.15, 0.2) is 11.5 Å². The number of hydrogen-bond donors (Lipinski definition) is 1. The molecule has 0 aliphatic rings. The molecule has 2 aromatic carbocycles. The Labute approximate surface area is 166 Å². The third-order valence-corrected chi connectivity index (χ3v) is 3.97. The van der Waals surface area contributed by atoms with Crippen molar-refractivity contribution in [3.8, 4) is 11.5 Å². The Hall–Kier alpha value is -3.68. The highest BCUT2D eigenvalue weighted by atomic mass is 19.3. The van der Waals surface area contributed by atoms with E-state index in [4.69, 9.17) is 4.74 Å². The average molecular weight is 399 g/mol. The standard InChI is InChI=1S/C21H19F2N3O3/c1-28-18-7-3-5-16(20(18)29-21(22)23)8-9-19(27)25-17-6-2-4-15(12-17)13-26-11-10-24-14-26/h2-12,14,21H,13H2,1H3,(H,25,27)/b9-8+. The van der Waals surface area contributed by atoms with Gasteiger partial charge in [-0.15, -0.1) is 0 Å². The highest BCUT2D eigenvalue weighted by Gasteiger charge is 2.14. The molecule has 8 heteroatoms. The summed E-state index contributed by atoms with van der Waals surface area (Å²) in [6, 6.07) is 12.1. The molecule has 0 bridgehead atoms. The smallest absolute Gasteiger partial charge is 0.387 e. The zero-order chi connectivity index (χ0) is 20.6. The fourth-order valence-corrected chi connectivity index (χ4v) is 2.73. The Bertz CT molecular complexity index is 989. The van der Waals surface area contributed by atoms with Crippen molar-refractivity contribution < 1.29 is 23.0 Å². The van der Waals surface area contributed by atoms with Crippen LogP contribution < -0.4 is 14.8 Å². The molecule has 0 fully saturated rings. The van der Waals surface area contributed by atoms with Gasteiger partial charge in [-0.3, -0.25) is 4.79 Å². The molecule has 6 nitrogen and oxygen atoms in total. The van der Waals surface area contributed by atoms with E-state index >= 15 is 0 Å². The first-order chi connectivity index (χ1) is 14.0. The molecule has 0 radical (unpaired) electrons. The number of carbonyl (C=O) groups excluding carboxylic acids is 1. The van der Waals surface area contributed by atoms with Crippen molar-refractivity contribution in [3.05, 3.63) is 78.4 Å². The maximum Gasteiger partial charge on any atom is 0.387 e. The SMILES string of the molecule is COc1cccc(/C=C/C(=O)Nc2cccc(Cn3ccnc3)c2)c1OC(F)F. The van der Waals surface area contributed by atoms with Gasteiger partial charge in [-0.25, -0.2) is 4.98 Å². The second-order valence-electron chi connectivity index (χ2n) is 6.02. The van der Waals surface area contributed by atoms with Gasteiger partial charge in [-0.05, 0) is 29.8 Å². The molecule has 0 spiro atoms. The van der Waals surface area contributed by atoms with E-state index in [-0.39, 0.29) is 11.5 Å². The summed E-state index contributed by atoms with van der Waals surface area (Å²) in [5.41, 5.74) is 1.91. The zero-order valence-electron chi connectivity index (χ0n) is 15.6. The van der Waals surface area contributed by atoms with Crippen LogP contribution in [0.4, 0.5) is 14.5 Å². The molecule has 0 saturated heterocycles. The van der Waals surface area contributed by atoms with Crippen molar-refractivity contribution in [2.45, 2.75) is 13.2 Å². The topological polar surface area (TPSA) is 65.4 Å². The fourth-order valence-electron chi connectivity index (χ4n) is 2.73. The molecule has 0 saturated carbocycles. The number of amides is 1. The summed E-state index contributed by atoms with van der Waals surface area (Å²) in [6.07, 6.45) is 7.89.